The average Bonchev–Trinajstić information content (AvgIpc) is 3.31. The predicted molar refractivity (Wildman–Crippen MR) is 168 cm³/mol. The van der Waals surface area contributed by atoms with Crippen molar-refractivity contribution in [2.45, 2.75) is 25.0 Å². The molecule has 0 radical (unpaired) electrons. The molecule has 7 heteroatoms. The van der Waals surface area contributed by atoms with Gasteiger partial charge in [0.15, 0.2) is 11.1 Å². The Morgan fingerprint density at radius 3 is 1.79 bits per heavy atom. The number of carbonyl (C=O) groups excluding carboxylic acids is 1. The molecule has 1 aliphatic rings. The largest absolute Gasteiger partial charge is 0.424 e. The number of fused-ring (bicyclic) bond motifs is 1. The predicted octanol–water partition coefficient (Wildman–Crippen LogP) is 8.28. The van der Waals surface area contributed by atoms with Crippen molar-refractivity contribution in [2.24, 2.45) is 10.2 Å². The number of hydroxylamine groups is 1. The van der Waals surface area contributed by atoms with Crippen LogP contribution < -0.4 is 9.80 Å². The molecule has 0 amide bonds. The van der Waals surface area contributed by atoms with E-state index in [-0.39, 0.29) is 11.4 Å². The van der Waals surface area contributed by atoms with Gasteiger partial charge in [-0.25, -0.2) is 14.9 Å². The zero-order valence-corrected chi connectivity index (χ0v) is 23.8. The molecule has 5 aromatic rings. The summed E-state index contributed by atoms with van der Waals surface area (Å²) in [6.45, 7) is 3.35. The summed E-state index contributed by atoms with van der Waals surface area (Å²) >= 11 is 0. The molecule has 0 saturated carbocycles. The monoisotopic (exact) mass is 567 g/mol. The maximum Gasteiger partial charge on any atom is 0.345 e. The number of hydrogen-bond acceptors (Lipinski definition) is 7. The van der Waals surface area contributed by atoms with Crippen LogP contribution in [0, 0.1) is 4.91 Å². The first-order valence-electron chi connectivity index (χ1n) is 13.9. The van der Waals surface area contributed by atoms with Crippen LogP contribution in [0.4, 0.5) is 17.1 Å². The van der Waals surface area contributed by atoms with Crippen molar-refractivity contribution in [3.63, 3.8) is 0 Å². The van der Waals surface area contributed by atoms with Gasteiger partial charge in [-0.1, -0.05) is 97.1 Å². The van der Waals surface area contributed by atoms with Gasteiger partial charge >= 0.3 is 5.97 Å². The van der Waals surface area contributed by atoms with Crippen LogP contribution in [-0.2, 0) is 15.2 Å². The number of benzene rings is 5. The Morgan fingerprint density at radius 1 is 0.674 bits per heavy atom. The maximum absolute atomic E-state index is 13.7. The molecule has 212 valence electrons. The van der Waals surface area contributed by atoms with Crippen molar-refractivity contribution in [1.82, 2.24) is 0 Å². The summed E-state index contributed by atoms with van der Waals surface area (Å²) in [5.41, 5.74) is 2.71. The summed E-state index contributed by atoms with van der Waals surface area (Å²) in [5, 5.41) is 4.71. The third kappa shape index (κ3) is 5.11. The van der Waals surface area contributed by atoms with Crippen LogP contribution in [0.25, 0.3) is 0 Å². The van der Waals surface area contributed by atoms with Gasteiger partial charge in [0.05, 0.1) is 17.1 Å². The lowest BCUT2D eigenvalue weighted by Gasteiger charge is -2.43. The van der Waals surface area contributed by atoms with Gasteiger partial charge in [0.2, 0.25) is 0 Å². The quantitative estimate of drug-likeness (QED) is 0.107. The first kappa shape index (κ1) is 27.8. The summed E-state index contributed by atoms with van der Waals surface area (Å²) in [5.74, 6) is -0.333. The molecule has 43 heavy (non-hydrogen) atoms. The molecule has 1 heterocycles. The minimum absolute atomic E-state index is 0.240. The van der Waals surface area contributed by atoms with Crippen LogP contribution >= 0.6 is 0 Å². The van der Waals surface area contributed by atoms with Gasteiger partial charge in [-0.3, -0.25) is 4.84 Å². The Balaban J connectivity index is 1.54. The highest BCUT2D eigenvalue weighted by atomic mass is 16.7. The summed E-state index contributed by atoms with van der Waals surface area (Å²) in [4.78, 5) is 36.6. The van der Waals surface area contributed by atoms with Crippen LogP contribution in [0.5, 0.6) is 5.75 Å². The van der Waals surface area contributed by atoms with Gasteiger partial charge in [0.25, 0.3) is 0 Å². The Bertz CT molecular complexity index is 1730. The van der Waals surface area contributed by atoms with Crippen LogP contribution in [-0.4, -0.2) is 17.3 Å². The van der Waals surface area contributed by atoms with E-state index in [0.29, 0.717) is 0 Å². The van der Waals surface area contributed by atoms with Crippen molar-refractivity contribution in [3.8, 4) is 5.75 Å². The SMILES string of the molecule is CC(C)(ON1c2ccccc2/C(=N/c2ccccc2)C1(c1ccccc1)c1ccccc1)C(=O)Oc1ccc(N=O)cc1. The molecule has 0 aromatic heterocycles. The number of hydrogen-bond donors (Lipinski definition) is 0. The number of anilines is 1. The second-order valence-corrected chi connectivity index (χ2v) is 10.6. The fraction of sp³-hybridized carbons (Fsp3) is 0.111. The van der Waals surface area contributed by atoms with E-state index in [1.54, 1.807) is 18.9 Å². The normalized spacial score (nSPS) is 14.7. The zero-order valence-electron chi connectivity index (χ0n) is 23.8. The van der Waals surface area contributed by atoms with Gasteiger partial charge in [-0.05, 0) is 72.6 Å². The first-order valence-corrected chi connectivity index (χ1v) is 13.9. The molecule has 7 nitrogen and oxygen atoms in total. The fourth-order valence-corrected chi connectivity index (χ4v) is 5.32. The van der Waals surface area contributed by atoms with Crippen LogP contribution in [0.15, 0.2) is 150 Å². The molecule has 1 aliphatic heterocycles. The number of nitroso groups, excluding NO2 is 1. The number of nitrogens with zero attached hydrogens (tertiary/aromatic N) is 3. The fourth-order valence-electron chi connectivity index (χ4n) is 5.32. The van der Waals surface area contributed by atoms with Crippen LogP contribution in [0.2, 0.25) is 0 Å². The summed E-state index contributed by atoms with van der Waals surface area (Å²) in [7, 11) is 0. The molecular weight excluding hydrogens is 538 g/mol. The van der Waals surface area contributed by atoms with Crippen molar-refractivity contribution in [3.05, 3.63) is 161 Å². The van der Waals surface area contributed by atoms with Crippen molar-refractivity contribution < 1.29 is 14.4 Å². The maximum atomic E-state index is 13.7. The van der Waals surface area contributed by atoms with E-state index in [4.69, 9.17) is 14.6 Å². The molecule has 0 fully saturated rings. The molecule has 0 atom stereocenters. The van der Waals surface area contributed by atoms with E-state index in [1.807, 2.05) is 115 Å². The molecule has 0 spiro atoms. The zero-order chi connectivity index (χ0) is 29.9. The highest BCUT2D eigenvalue weighted by Gasteiger charge is 2.55. The number of carbonyl (C=O) groups is 1. The Hall–Kier alpha value is -5.40. The van der Waals surface area contributed by atoms with Crippen molar-refractivity contribution in [1.29, 1.82) is 0 Å². The van der Waals surface area contributed by atoms with Crippen molar-refractivity contribution in [2.75, 3.05) is 5.06 Å². The third-order valence-corrected chi connectivity index (χ3v) is 7.37. The Labute approximate surface area is 250 Å². The highest BCUT2D eigenvalue weighted by molar-refractivity contribution is 6.20. The minimum atomic E-state index is -1.45. The van der Waals surface area contributed by atoms with Gasteiger partial charge in [0, 0.05) is 5.56 Å². The van der Waals surface area contributed by atoms with Gasteiger partial charge in [-0.2, -0.15) is 0 Å². The van der Waals surface area contributed by atoms with Gasteiger partial charge in [-0.15, -0.1) is 4.91 Å². The van der Waals surface area contributed by atoms with E-state index < -0.39 is 17.1 Å². The van der Waals surface area contributed by atoms with E-state index >= 15 is 0 Å². The second kappa shape index (κ2) is 11.5. The minimum Gasteiger partial charge on any atom is -0.424 e. The number of esters is 1. The number of aliphatic imine (C=N–C) groups is 1. The molecular formula is C36H29N3O4. The van der Waals surface area contributed by atoms with Crippen LogP contribution in [0.3, 0.4) is 0 Å². The molecule has 0 saturated heterocycles. The molecule has 0 bridgehead atoms. The third-order valence-electron chi connectivity index (χ3n) is 7.37. The molecule has 0 unspecified atom stereocenters. The summed E-state index contributed by atoms with van der Waals surface area (Å²) in [6.07, 6.45) is 0. The van der Waals surface area contributed by atoms with E-state index in [1.165, 1.54) is 24.3 Å². The molecule has 6 rings (SSSR count). The van der Waals surface area contributed by atoms with E-state index in [2.05, 4.69) is 5.18 Å². The highest BCUT2D eigenvalue weighted by Crippen LogP contribution is 2.51. The number of rotatable bonds is 8. The summed E-state index contributed by atoms with van der Waals surface area (Å²) < 4.78 is 5.71. The molecule has 0 aliphatic carbocycles. The van der Waals surface area contributed by atoms with Gasteiger partial charge < -0.3 is 4.74 Å². The first-order chi connectivity index (χ1) is 20.9. The topological polar surface area (TPSA) is 80.6 Å². The lowest BCUT2D eigenvalue weighted by atomic mass is 9.78. The molecule has 5 aromatic carbocycles. The van der Waals surface area contributed by atoms with E-state index in [9.17, 15) is 9.70 Å². The Kier molecular flexibility index (Phi) is 7.40. The number of ether oxygens (including phenoxy) is 1. The van der Waals surface area contributed by atoms with E-state index in [0.717, 1.165) is 33.8 Å². The standard InChI is InChI=1S/C36H29N3O4/c1-35(2,34(40)42-30-24-22-29(38-41)23-25-30)43-39-32-21-13-12-20-31(32)33(37-28-18-10-5-11-19-28)36(39,26-14-6-3-7-15-26)27-16-8-4-9-17-27/h3-25H,1-2H3/b37-33-. The number of para-hydroxylation sites is 2. The van der Waals surface area contributed by atoms with Crippen molar-refractivity contribution >= 4 is 28.7 Å². The lowest BCUT2D eigenvalue weighted by molar-refractivity contribution is -0.161. The smallest absolute Gasteiger partial charge is 0.345 e. The van der Waals surface area contributed by atoms with Gasteiger partial charge in [0.1, 0.15) is 11.4 Å². The molecule has 0 N–H and O–H groups in total. The van der Waals surface area contributed by atoms with Crippen LogP contribution in [0.1, 0.15) is 30.5 Å². The average molecular weight is 568 g/mol. The Morgan fingerprint density at radius 2 is 1.21 bits per heavy atom. The lowest BCUT2D eigenvalue weighted by Crippen LogP contribution is -2.54. The summed E-state index contributed by atoms with van der Waals surface area (Å²) in [6, 6.07) is 43.8. The second-order valence-electron chi connectivity index (χ2n) is 10.6.